The summed E-state index contributed by atoms with van der Waals surface area (Å²) in [6.07, 6.45) is 2.33. The molecule has 0 saturated carbocycles. The minimum absolute atomic E-state index is 0.292. The number of guanidine groups is 1. The van der Waals surface area contributed by atoms with E-state index in [1.54, 1.807) is 0 Å². The highest BCUT2D eigenvalue weighted by Gasteiger charge is 2.22. The summed E-state index contributed by atoms with van der Waals surface area (Å²) in [4.78, 5) is 6.97. The number of benzene rings is 1. The molecule has 1 fully saturated rings. The molecule has 0 aliphatic carbocycles. The van der Waals surface area contributed by atoms with Crippen molar-refractivity contribution in [2.24, 2.45) is 4.99 Å². The first-order valence-electron chi connectivity index (χ1n) is 8.66. The molecular weight excluding hydrogens is 290 g/mol. The molecule has 1 heterocycles. The number of likely N-dealkylation sites (tertiary alicyclic amines) is 1. The van der Waals surface area contributed by atoms with E-state index in [9.17, 15) is 0 Å². The van der Waals surface area contributed by atoms with E-state index < -0.39 is 0 Å². The zero-order valence-corrected chi connectivity index (χ0v) is 14.3. The van der Waals surface area contributed by atoms with Gasteiger partial charge in [-0.2, -0.15) is 0 Å². The summed E-state index contributed by atoms with van der Waals surface area (Å²) in [6, 6.07) is 10.1. The third-order valence-electron chi connectivity index (χ3n) is 3.82. The largest absolute Gasteiger partial charge is 0.490 e. The van der Waals surface area contributed by atoms with E-state index in [4.69, 9.17) is 9.47 Å². The number of ether oxygens (including phenoxy) is 2. The summed E-state index contributed by atoms with van der Waals surface area (Å²) in [5.41, 5.74) is 0. The highest BCUT2D eigenvalue weighted by Crippen LogP contribution is 2.18. The summed E-state index contributed by atoms with van der Waals surface area (Å²) in [6.45, 7) is 9.06. The SMILES string of the molecule is CCNC(=NCCOCC)N1CCC(Oc2ccccc2)CC1. The van der Waals surface area contributed by atoms with Gasteiger partial charge >= 0.3 is 0 Å². The van der Waals surface area contributed by atoms with Crippen molar-refractivity contribution in [3.8, 4) is 5.75 Å². The lowest BCUT2D eigenvalue weighted by atomic mass is 10.1. The van der Waals surface area contributed by atoms with E-state index in [1.807, 2.05) is 37.3 Å². The van der Waals surface area contributed by atoms with Gasteiger partial charge in [0.25, 0.3) is 0 Å². The molecule has 0 aromatic heterocycles. The molecule has 128 valence electrons. The Labute approximate surface area is 139 Å². The predicted molar refractivity (Wildman–Crippen MR) is 94.1 cm³/mol. The number of hydrogen-bond donors (Lipinski definition) is 1. The van der Waals surface area contributed by atoms with Crippen molar-refractivity contribution in [2.45, 2.75) is 32.8 Å². The highest BCUT2D eigenvalue weighted by molar-refractivity contribution is 5.80. The maximum Gasteiger partial charge on any atom is 0.193 e. The van der Waals surface area contributed by atoms with Gasteiger partial charge in [-0.15, -0.1) is 0 Å². The molecule has 0 amide bonds. The van der Waals surface area contributed by atoms with E-state index in [2.05, 4.69) is 22.1 Å². The minimum Gasteiger partial charge on any atom is -0.490 e. The first-order valence-corrected chi connectivity index (χ1v) is 8.66. The van der Waals surface area contributed by atoms with Crippen LogP contribution >= 0.6 is 0 Å². The van der Waals surface area contributed by atoms with Gasteiger partial charge in [-0.05, 0) is 26.0 Å². The van der Waals surface area contributed by atoms with Crippen molar-refractivity contribution in [2.75, 3.05) is 39.4 Å². The van der Waals surface area contributed by atoms with E-state index in [0.717, 1.165) is 50.8 Å². The van der Waals surface area contributed by atoms with Crippen molar-refractivity contribution in [3.63, 3.8) is 0 Å². The highest BCUT2D eigenvalue weighted by atomic mass is 16.5. The van der Waals surface area contributed by atoms with Gasteiger partial charge in [0.05, 0.1) is 13.2 Å². The number of piperidine rings is 1. The van der Waals surface area contributed by atoms with E-state index in [-0.39, 0.29) is 0 Å². The molecule has 1 aromatic carbocycles. The fourth-order valence-corrected chi connectivity index (χ4v) is 2.66. The van der Waals surface area contributed by atoms with Crippen LogP contribution in [0.25, 0.3) is 0 Å². The van der Waals surface area contributed by atoms with Gasteiger partial charge < -0.3 is 19.7 Å². The average molecular weight is 319 g/mol. The second kappa shape index (κ2) is 10.1. The molecule has 0 bridgehead atoms. The molecule has 1 N–H and O–H groups in total. The topological polar surface area (TPSA) is 46.1 Å². The lowest BCUT2D eigenvalue weighted by molar-refractivity contribution is 0.129. The van der Waals surface area contributed by atoms with Crippen LogP contribution in [0.15, 0.2) is 35.3 Å². The van der Waals surface area contributed by atoms with Crippen molar-refractivity contribution in [1.82, 2.24) is 10.2 Å². The normalized spacial score (nSPS) is 16.4. The number of hydrogen-bond acceptors (Lipinski definition) is 3. The second-order valence-electron chi connectivity index (χ2n) is 5.55. The molecule has 1 aromatic rings. The van der Waals surface area contributed by atoms with Crippen LogP contribution in [0.5, 0.6) is 5.75 Å². The molecule has 5 heteroatoms. The Morgan fingerprint density at radius 1 is 1.22 bits per heavy atom. The third-order valence-corrected chi connectivity index (χ3v) is 3.82. The van der Waals surface area contributed by atoms with Gasteiger partial charge in [0.1, 0.15) is 11.9 Å². The summed E-state index contributed by atoms with van der Waals surface area (Å²) in [7, 11) is 0. The Balaban J connectivity index is 1.80. The Kier molecular flexibility index (Phi) is 7.73. The monoisotopic (exact) mass is 319 g/mol. The fraction of sp³-hybridized carbons (Fsp3) is 0.611. The molecular formula is C18H29N3O2. The molecule has 0 spiro atoms. The Morgan fingerprint density at radius 2 is 1.96 bits per heavy atom. The summed E-state index contributed by atoms with van der Waals surface area (Å²) in [5.74, 6) is 1.95. The molecule has 1 aliphatic rings. The van der Waals surface area contributed by atoms with E-state index >= 15 is 0 Å². The number of aliphatic imine (C=N–C) groups is 1. The van der Waals surface area contributed by atoms with Gasteiger partial charge in [0.15, 0.2) is 5.96 Å². The van der Waals surface area contributed by atoms with E-state index in [0.29, 0.717) is 19.3 Å². The van der Waals surface area contributed by atoms with Crippen LogP contribution in [0.2, 0.25) is 0 Å². The number of nitrogens with zero attached hydrogens (tertiary/aromatic N) is 2. The predicted octanol–water partition coefficient (Wildman–Crippen LogP) is 2.53. The van der Waals surface area contributed by atoms with Crippen LogP contribution < -0.4 is 10.1 Å². The van der Waals surface area contributed by atoms with Gasteiger partial charge in [-0.1, -0.05) is 18.2 Å². The van der Waals surface area contributed by atoms with Crippen LogP contribution in [0.3, 0.4) is 0 Å². The Hall–Kier alpha value is -1.75. The molecule has 0 atom stereocenters. The molecule has 5 nitrogen and oxygen atoms in total. The number of rotatable bonds is 7. The Morgan fingerprint density at radius 3 is 2.61 bits per heavy atom. The smallest absolute Gasteiger partial charge is 0.193 e. The van der Waals surface area contributed by atoms with Gasteiger partial charge in [0, 0.05) is 39.1 Å². The maximum atomic E-state index is 6.05. The quantitative estimate of drug-likeness (QED) is 0.476. The summed E-state index contributed by atoms with van der Waals surface area (Å²) in [5, 5.41) is 3.37. The third kappa shape index (κ3) is 6.10. The van der Waals surface area contributed by atoms with Crippen molar-refractivity contribution >= 4 is 5.96 Å². The molecule has 1 aliphatic heterocycles. The molecule has 23 heavy (non-hydrogen) atoms. The van der Waals surface area contributed by atoms with Crippen LogP contribution in [0.1, 0.15) is 26.7 Å². The van der Waals surface area contributed by atoms with Crippen molar-refractivity contribution in [1.29, 1.82) is 0 Å². The lowest BCUT2D eigenvalue weighted by Crippen LogP contribution is -2.47. The second-order valence-corrected chi connectivity index (χ2v) is 5.55. The molecule has 1 saturated heterocycles. The first-order chi connectivity index (χ1) is 11.3. The molecule has 2 rings (SSSR count). The van der Waals surface area contributed by atoms with Crippen LogP contribution in [-0.2, 0) is 4.74 Å². The van der Waals surface area contributed by atoms with Crippen LogP contribution in [0, 0.1) is 0 Å². The van der Waals surface area contributed by atoms with Crippen LogP contribution in [0.4, 0.5) is 0 Å². The summed E-state index contributed by atoms with van der Waals surface area (Å²) >= 11 is 0. The summed E-state index contributed by atoms with van der Waals surface area (Å²) < 4.78 is 11.4. The number of nitrogens with one attached hydrogen (secondary N) is 1. The zero-order chi connectivity index (χ0) is 16.3. The van der Waals surface area contributed by atoms with Gasteiger partial charge in [-0.3, -0.25) is 4.99 Å². The minimum atomic E-state index is 0.292. The fourth-order valence-electron chi connectivity index (χ4n) is 2.66. The standard InChI is InChI=1S/C18H29N3O2/c1-3-19-18(20-12-15-22-4-2)21-13-10-17(11-14-21)23-16-8-6-5-7-9-16/h5-9,17H,3-4,10-15H2,1-2H3,(H,19,20). The van der Waals surface area contributed by atoms with Crippen molar-refractivity contribution < 1.29 is 9.47 Å². The first kappa shape index (κ1) is 17.6. The maximum absolute atomic E-state index is 6.05. The van der Waals surface area contributed by atoms with Crippen LogP contribution in [-0.4, -0.2) is 56.4 Å². The lowest BCUT2D eigenvalue weighted by Gasteiger charge is -2.34. The number of para-hydroxylation sites is 1. The average Bonchev–Trinajstić information content (AvgIpc) is 2.59. The Bertz CT molecular complexity index is 457. The van der Waals surface area contributed by atoms with Gasteiger partial charge in [0.2, 0.25) is 0 Å². The van der Waals surface area contributed by atoms with Gasteiger partial charge in [-0.25, -0.2) is 0 Å². The van der Waals surface area contributed by atoms with E-state index in [1.165, 1.54) is 0 Å². The zero-order valence-electron chi connectivity index (χ0n) is 14.3. The molecule has 0 radical (unpaired) electrons. The van der Waals surface area contributed by atoms with Crippen molar-refractivity contribution in [3.05, 3.63) is 30.3 Å². The molecule has 0 unspecified atom stereocenters.